The molecule has 1 heterocycles. The Bertz CT molecular complexity index is 2640. The Labute approximate surface area is 329 Å². The molecule has 0 bridgehead atoms. The molecule has 7 aromatic carbocycles. The largest absolute Gasteiger partial charge is 0.310 e. The number of benzene rings is 7. The summed E-state index contributed by atoms with van der Waals surface area (Å²) in [7, 11) is 0. The van der Waals surface area contributed by atoms with Crippen LogP contribution in [0.3, 0.4) is 0 Å². The Morgan fingerprint density at radius 1 is 0.455 bits per heavy atom. The zero-order chi connectivity index (χ0) is 37.0. The normalized spacial score (nSPS) is 16.0. The molecule has 8 aromatic rings. The van der Waals surface area contributed by atoms with Crippen molar-refractivity contribution >= 4 is 48.6 Å². The van der Waals surface area contributed by atoms with Gasteiger partial charge < -0.3 is 4.90 Å². The van der Waals surface area contributed by atoms with Crippen molar-refractivity contribution in [2.24, 2.45) is 0 Å². The van der Waals surface area contributed by atoms with Crippen LogP contribution in [0, 0.1) is 0 Å². The zero-order valence-electron chi connectivity index (χ0n) is 31.9. The van der Waals surface area contributed by atoms with Gasteiger partial charge in [0, 0.05) is 48.1 Å². The molecule has 1 fully saturated rings. The van der Waals surface area contributed by atoms with E-state index in [1.807, 2.05) is 11.3 Å². The van der Waals surface area contributed by atoms with E-state index in [-0.39, 0.29) is 10.8 Å². The standard InChI is InChI=1S/C53H47NS/c1-52(2)47-32-30-41(35-46(47)51-43(22-16-23-48(51)52)37-17-8-6-9-18-37)54(42-29-31-45-44-21-12-13-24-49(44)55-50(45)36-42)40-27-25-39(26-28-40)53(38-19-10-7-11-20-38)33-14-4-3-5-15-34-53/h6-13,16-32,35-36H,3-5,14-15,33-34H2,1-2H3. The van der Waals surface area contributed by atoms with Gasteiger partial charge in [-0.25, -0.2) is 0 Å². The maximum absolute atomic E-state index is 2.50. The fraction of sp³-hybridized carbons (Fsp3) is 0.208. The predicted molar refractivity (Wildman–Crippen MR) is 237 cm³/mol. The summed E-state index contributed by atoms with van der Waals surface area (Å²) in [6.45, 7) is 4.77. The summed E-state index contributed by atoms with van der Waals surface area (Å²) in [5, 5.41) is 2.66. The molecular weight excluding hydrogens is 683 g/mol. The molecule has 2 aliphatic rings. The van der Waals surface area contributed by atoms with E-state index in [4.69, 9.17) is 0 Å². The van der Waals surface area contributed by atoms with Crippen LogP contribution >= 0.6 is 11.3 Å². The number of hydrogen-bond donors (Lipinski definition) is 0. The van der Waals surface area contributed by atoms with Gasteiger partial charge in [-0.2, -0.15) is 0 Å². The van der Waals surface area contributed by atoms with Gasteiger partial charge in [-0.15, -0.1) is 11.3 Å². The fourth-order valence-corrected chi connectivity index (χ4v) is 11.2. The van der Waals surface area contributed by atoms with E-state index in [0.717, 1.165) is 0 Å². The third kappa shape index (κ3) is 5.73. The summed E-state index contributed by atoms with van der Waals surface area (Å²) >= 11 is 1.89. The van der Waals surface area contributed by atoms with Crippen molar-refractivity contribution in [2.75, 3.05) is 4.90 Å². The van der Waals surface area contributed by atoms with Crippen molar-refractivity contribution in [3.63, 3.8) is 0 Å². The summed E-state index contributed by atoms with van der Waals surface area (Å²) < 4.78 is 2.65. The molecule has 0 unspecified atom stereocenters. The second kappa shape index (κ2) is 13.7. The van der Waals surface area contributed by atoms with Crippen molar-refractivity contribution < 1.29 is 0 Å². The Balaban J connectivity index is 1.15. The molecule has 1 saturated carbocycles. The number of anilines is 3. The van der Waals surface area contributed by atoms with E-state index in [0.29, 0.717) is 0 Å². The highest BCUT2D eigenvalue weighted by molar-refractivity contribution is 7.25. The Hall–Kier alpha value is -5.44. The van der Waals surface area contributed by atoms with Gasteiger partial charge in [-0.05, 0) is 99.8 Å². The van der Waals surface area contributed by atoms with Gasteiger partial charge >= 0.3 is 0 Å². The van der Waals surface area contributed by atoms with E-state index in [1.165, 1.54) is 127 Å². The molecule has 10 rings (SSSR count). The summed E-state index contributed by atoms with van der Waals surface area (Å²) in [5.74, 6) is 0. The minimum absolute atomic E-state index is 0.0394. The van der Waals surface area contributed by atoms with E-state index in [1.54, 1.807) is 0 Å². The average molecular weight is 730 g/mol. The molecule has 0 spiro atoms. The number of hydrogen-bond acceptors (Lipinski definition) is 2. The van der Waals surface area contributed by atoms with Gasteiger partial charge in [-0.1, -0.05) is 167 Å². The molecule has 270 valence electrons. The molecule has 0 radical (unpaired) electrons. The minimum Gasteiger partial charge on any atom is -0.310 e. The van der Waals surface area contributed by atoms with Crippen molar-refractivity contribution in [2.45, 2.75) is 69.6 Å². The highest BCUT2D eigenvalue weighted by Crippen LogP contribution is 2.54. The smallest absolute Gasteiger partial charge is 0.0476 e. The van der Waals surface area contributed by atoms with Crippen LogP contribution in [0.5, 0.6) is 0 Å². The lowest BCUT2D eigenvalue weighted by molar-refractivity contribution is 0.366. The monoisotopic (exact) mass is 729 g/mol. The Kier molecular flexibility index (Phi) is 8.49. The van der Waals surface area contributed by atoms with Gasteiger partial charge in [0.05, 0.1) is 0 Å². The average Bonchev–Trinajstić information content (AvgIpc) is 3.70. The Morgan fingerprint density at radius 3 is 1.85 bits per heavy atom. The van der Waals surface area contributed by atoms with Crippen molar-refractivity contribution in [1.29, 1.82) is 0 Å². The molecule has 0 saturated heterocycles. The number of thiophene rings is 1. The first-order valence-corrected chi connectivity index (χ1v) is 21.0. The van der Waals surface area contributed by atoms with Crippen LogP contribution in [0.2, 0.25) is 0 Å². The second-order valence-corrected chi connectivity index (χ2v) is 17.4. The first-order valence-electron chi connectivity index (χ1n) is 20.2. The SMILES string of the molecule is CC1(C)c2ccc(N(c3ccc(C4(c5ccccc5)CCCCCCC4)cc3)c3ccc4c(c3)sc3ccccc34)cc2-c2c(-c3ccccc3)cccc21. The summed E-state index contributed by atoms with van der Waals surface area (Å²) in [5.41, 5.74) is 14.4. The van der Waals surface area contributed by atoms with Crippen molar-refractivity contribution in [1.82, 2.24) is 0 Å². The topological polar surface area (TPSA) is 3.24 Å². The lowest BCUT2D eigenvalue weighted by atomic mass is 9.67. The highest BCUT2D eigenvalue weighted by Gasteiger charge is 2.38. The van der Waals surface area contributed by atoms with Crippen LogP contribution in [0.1, 0.15) is 81.0 Å². The van der Waals surface area contributed by atoms with Crippen molar-refractivity contribution in [3.8, 4) is 22.3 Å². The van der Waals surface area contributed by atoms with Gasteiger partial charge in [-0.3, -0.25) is 0 Å². The van der Waals surface area contributed by atoms with Crippen LogP contribution in [0.15, 0.2) is 164 Å². The lowest BCUT2D eigenvalue weighted by Gasteiger charge is -2.37. The fourth-order valence-electron chi connectivity index (χ4n) is 10.0. The van der Waals surface area contributed by atoms with Crippen LogP contribution < -0.4 is 4.90 Å². The molecule has 1 nitrogen and oxygen atoms in total. The maximum atomic E-state index is 2.50. The quantitative estimate of drug-likeness (QED) is 0.165. The lowest BCUT2D eigenvalue weighted by Crippen LogP contribution is -2.29. The first-order chi connectivity index (χ1) is 27.0. The second-order valence-electron chi connectivity index (χ2n) is 16.3. The van der Waals surface area contributed by atoms with E-state index in [9.17, 15) is 0 Å². The zero-order valence-corrected chi connectivity index (χ0v) is 32.7. The summed E-state index contributed by atoms with van der Waals surface area (Å²) in [6, 6.07) is 62.0. The highest BCUT2D eigenvalue weighted by atomic mass is 32.1. The Morgan fingerprint density at radius 2 is 1.07 bits per heavy atom. The van der Waals surface area contributed by atoms with Crippen LogP contribution in [0.25, 0.3) is 42.4 Å². The first kappa shape index (κ1) is 34.1. The predicted octanol–water partition coefficient (Wildman–Crippen LogP) is 15.5. The summed E-state index contributed by atoms with van der Waals surface area (Å²) in [4.78, 5) is 2.50. The molecule has 2 heteroatoms. The molecule has 2 aliphatic carbocycles. The number of rotatable bonds is 6. The van der Waals surface area contributed by atoms with E-state index < -0.39 is 0 Å². The van der Waals surface area contributed by atoms with Gasteiger partial charge in [0.1, 0.15) is 0 Å². The third-order valence-corrected chi connectivity index (χ3v) is 14.0. The molecule has 0 amide bonds. The van der Waals surface area contributed by atoms with Gasteiger partial charge in [0.15, 0.2) is 0 Å². The van der Waals surface area contributed by atoms with Gasteiger partial charge in [0.2, 0.25) is 0 Å². The van der Waals surface area contributed by atoms with Gasteiger partial charge in [0.25, 0.3) is 0 Å². The third-order valence-electron chi connectivity index (χ3n) is 12.9. The number of fused-ring (bicyclic) bond motifs is 6. The molecule has 0 N–H and O–H groups in total. The van der Waals surface area contributed by atoms with E-state index in [2.05, 4.69) is 183 Å². The van der Waals surface area contributed by atoms with Crippen molar-refractivity contribution in [3.05, 3.63) is 186 Å². The molecule has 0 aliphatic heterocycles. The number of nitrogens with zero attached hydrogens (tertiary/aromatic N) is 1. The van der Waals surface area contributed by atoms with Crippen LogP contribution in [0.4, 0.5) is 17.1 Å². The molecular formula is C53H47NS. The molecule has 55 heavy (non-hydrogen) atoms. The summed E-state index contributed by atoms with van der Waals surface area (Å²) in [6.07, 6.45) is 8.96. The van der Waals surface area contributed by atoms with Crippen LogP contribution in [-0.4, -0.2) is 0 Å². The molecule has 0 atom stereocenters. The minimum atomic E-state index is -0.0974. The molecule has 1 aromatic heterocycles. The van der Waals surface area contributed by atoms with Crippen LogP contribution in [-0.2, 0) is 10.8 Å². The maximum Gasteiger partial charge on any atom is 0.0476 e. The van der Waals surface area contributed by atoms with E-state index >= 15 is 0 Å².